The molecule has 0 radical (unpaired) electrons. The van der Waals surface area contributed by atoms with Gasteiger partial charge in [0.1, 0.15) is 0 Å². The highest BCUT2D eigenvalue weighted by atomic mass is 15.2. The van der Waals surface area contributed by atoms with Crippen molar-refractivity contribution in [3.63, 3.8) is 0 Å². The molecule has 2 aliphatic carbocycles. The molecule has 370 valence electrons. The fourth-order valence-electron chi connectivity index (χ4n) is 13.7. The molecular formula is C75H55N3. The van der Waals surface area contributed by atoms with Crippen LogP contribution in [-0.2, 0) is 10.8 Å². The molecule has 13 aromatic rings. The maximum atomic E-state index is 2.64. The first kappa shape index (κ1) is 45.7. The third kappa shape index (κ3) is 6.71. The lowest BCUT2D eigenvalue weighted by molar-refractivity contribution is 0.563. The predicted octanol–water partition coefficient (Wildman–Crippen LogP) is 19.9. The molecular weight excluding hydrogens is 943 g/mol. The van der Waals surface area contributed by atoms with Crippen molar-refractivity contribution < 1.29 is 0 Å². The van der Waals surface area contributed by atoms with Gasteiger partial charge in [0.15, 0.2) is 0 Å². The second-order valence-corrected chi connectivity index (χ2v) is 21.7. The average Bonchev–Trinajstić information content (AvgIpc) is 2.18. The first-order chi connectivity index (χ1) is 38.4. The minimum absolute atomic E-state index is 0.266. The maximum absolute atomic E-state index is 2.64. The van der Waals surface area contributed by atoms with Crippen molar-refractivity contribution in [3.8, 4) is 27.9 Å². The van der Waals surface area contributed by atoms with E-state index in [0.29, 0.717) is 0 Å². The lowest BCUT2D eigenvalue weighted by Gasteiger charge is -2.46. The van der Waals surface area contributed by atoms with Crippen LogP contribution in [0.4, 0.5) is 34.1 Å². The smallest absolute Gasteiger partial charge is 0.0721 e. The first-order valence-electron chi connectivity index (χ1n) is 27.3. The standard InChI is InChI=1S/C75H55N3/c1-50-45-54(51-25-9-4-10-26-51)41-44-68(50)78-69-48-59(76(55-29-11-5-12-30-55)56-31-13-6-14-32-56)42-43-60(69)72-70(77(57-33-15-7-16-34-57)58-35-17-8-18-36-58)49-67-71(73(72)78)61-46-52-27-19-20-28-53(52)47-66(61)75(67)64-39-23-21-37-62(64)74(2,3)63-38-22-24-40-65(63)75/h4-49H,1-3H3. The van der Waals surface area contributed by atoms with E-state index in [1.54, 1.807) is 0 Å². The van der Waals surface area contributed by atoms with Gasteiger partial charge in [-0.2, -0.15) is 0 Å². The van der Waals surface area contributed by atoms with Crippen LogP contribution in [-0.4, -0.2) is 4.57 Å². The van der Waals surface area contributed by atoms with Crippen molar-refractivity contribution in [3.05, 3.63) is 318 Å². The van der Waals surface area contributed by atoms with Gasteiger partial charge in [0, 0.05) is 55.9 Å². The van der Waals surface area contributed by atoms with Gasteiger partial charge in [0.25, 0.3) is 0 Å². The van der Waals surface area contributed by atoms with Gasteiger partial charge in [-0.25, -0.2) is 0 Å². The molecule has 1 spiro atoms. The van der Waals surface area contributed by atoms with Gasteiger partial charge in [-0.1, -0.05) is 202 Å². The molecule has 0 bridgehead atoms. The molecule has 78 heavy (non-hydrogen) atoms. The Bertz CT molecular complexity index is 4330. The van der Waals surface area contributed by atoms with Crippen LogP contribution in [0.2, 0.25) is 0 Å². The summed E-state index contributed by atoms with van der Waals surface area (Å²) in [6, 6.07) is 104. The number of aromatic nitrogens is 1. The van der Waals surface area contributed by atoms with E-state index in [9.17, 15) is 0 Å². The van der Waals surface area contributed by atoms with Gasteiger partial charge >= 0.3 is 0 Å². The second kappa shape index (κ2) is 17.7. The van der Waals surface area contributed by atoms with Crippen LogP contribution in [0, 0.1) is 6.92 Å². The lowest BCUT2D eigenvalue weighted by atomic mass is 9.55. The van der Waals surface area contributed by atoms with Crippen LogP contribution >= 0.6 is 0 Å². The maximum Gasteiger partial charge on any atom is 0.0721 e. The zero-order valence-corrected chi connectivity index (χ0v) is 43.9. The van der Waals surface area contributed by atoms with E-state index < -0.39 is 5.41 Å². The molecule has 2 aliphatic rings. The summed E-state index contributed by atoms with van der Waals surface area (Å²) in [7, 11) is 0. The quantitative estimate of drug-likeness (QED) is 0.150. The number of hydrogen-bond donors (Lipinski definition) is 0. The average molecular weight is 998 g/mol. The van der Waals surface area contributed by atoms with Crippen LogP contribution < -0.4 is 9.80 Å². The summed E-state index contributed by atoms with van der Waals surface area (Å²) < 4.78 is 2.64. The Kier molecular flexibility index (Phi) is 10.4. The number of rotatable bonds is 8. The molecule has 0 unspecified atom stereocenters. The summed E-state index contributed by atoms with van der Waals surface area (Å²) in [5.41, 5.74) is 23.1. The third-order valence-corrected chi connectivity index (χ3v) is 17.1. The van der Waals surface area contributed by atoms with Crippen molar-refractivity contribution in [2.75, 3.05) is 9.80 Å². The van der Waals surface area contributed by atoms with Crippen LogP contribution in [0.3, 0.4) is 0 Å². The van der Waals surface area contributed by atoms with Crippen molar-refractivity contribution in [2.24, 2.45) is 0 Å². The normalized spacial score (nSPS) is 13.5. The van der Waals surface area contributed by atoms with Crippen molar-refractivity contribution in [2.45, 2.75) is 31.6 Å². The summed E-state index contributed by atoms with van der Waals surface area (Å²) in [6.45, 7) is 7.13. The molecule has 0 atom stereocenters. The Morgan fingerprint density at radius 1 is 0.359 bits per heavy atom. The van der Waals surface area contributed by atoms with Crippen molar-refractivity contribution >= 4 is 66.7 Å². The molecule has 0 aliphatic heterocycles. The fourth-order valence-corrected chi connectivity index (χ4v) is 13.7. The van der Waals surface area contributed by atoms with Gasteiger partial charge in [-0.3, -0.25) is 0 Å². The summed E-state index contributed by atoms with van der Waals surface area (Å²) in [5.74, 6) is 0. The Morgan fingerprint density at radius 3 is 1.40 bits per heavy atom. The molecule has 0 saturated heterocycles. The molecule has 3 heteroatoms. The highest BCUT2D eigenvalue weighted by Crippen LogP contribution is 2.65. The van der Waals surface area contributed by atoms with E-state index >= 15 is 0 Å². The van der Waals surface area contributed by atoms with E-state index in [1.165, 1.54) is 88.3 Å². The summed E-state index contributed by atoms with van der Waals surface area (Å²) in [6.07, 6.45) is 0. The van der Waals surface area contributed by atoms with Crippen molar-refractivity contribution in [1.29, 1.82) is 0 Å². The molecule has 15 rings (SSSR count). The van der Waals surface area contributed by atoms with Crippen LogP contribution in [0.1, 0.15) is 52.8 Å². The summed E-state index contributed by atoms with van der Waals surface area (Å²) >= 11 is 0. The number of benzene rings is 12. The van der Waals surface area contributed by atoms with Gasteiger partial charge < -0.3 is 14.4 Å². The predicted molar refractivity (Wildman–Crippen MR) is 327 cm³/mol. The fraction of sp³-hybridized carbons (Fsp3) is 0.0667. The Morgan fingerprint density at radius 2 is 0.846 bits per heavy atom. The van der Waals surface area contributed by atoms with E-state index in [4.69, 9.17) is 0 Å². The topological polar surface area (TPSA) is 11.4 Å². The molecule has 0 saturated carbocycles. The summed E-state index contributed by atoms with van der Waals surface area (Å²) in [4.78, 5) is 4.91. The lowest BCUT2D eigenvalue weighted by Crippen LogP contribution is -2.40. The Hall–Kier alpha value is -9.70. The van der Waals surface area contributed by atoms with Gasteiger partial charge in [0.05, 0.1) is 22.1 Å². The number of para-hydroxylation sites is 4. The monoisotopic (exact) mass is 997 g/mol. The highest BCUT2D eigenvalue weighted by Gasteiger charge is 2.54. The van der Waals surface area contributed by atoms with Crippen LogP contribution in [0.5, 0.6) is 0 Å². The van der Waals surface area contributed by atoms with Crippen LogP contribution in [0.25, 0.3) is 60.5 Å². The largest absolute Gasteiger partial charge is 0.310 e. The second-order valence-electron chi connectivity index (χ2n) is 21.7. The zero-order valence-electron chi connectivity index (χ0n) is 43.9. The van der Waals surface area contributed by atoms with Crippen LogP contribution in [0.15, 0.2) is 279 Å². The molecule has 0 N–H and O–H groups in total. The number of anilines is 6. The summed E-state index contributed by atoms with van der Waals surface area (Å²) in [5, 5.41) is 4.81. The molecule has 0 fully saturated rings. The molecule has 0 amide bonds. The molecule has 12 aromatic carbocycles. The van der Waals surface area contributed by atoms with E-state index in [1.807, 2.05) is 0 Å². The number of hydrogen-bond acceptors (Lipinski definition) is 2. The van der Waals surface area contributed by atoms with E-state index in [-0.39, 0.29) is 5.41 Å². The first-order valence-corrected chi connectivity index (χ1v) is 27.3. The van der Waals surface area contributed by atoms with E-state index in [2.05, 4.69) is 314 Å². The third-order valence-electron chi connectivity index (χ3n) is 17.1. The molecule has 1 aromatic heterocycles. The van der Waals surface area contributed by atoms with Crippen molar-refractivity contribution in [1.82, 2.24) is 4.57 Å². The minimum atomic E-state index is -0.699. The van der Waals surface area contributed by atoms with E-state index in [0.717, 1.165) is 45.3 Å². The Balaban J connectivity index is 1.18. The number of aryl methyl sites for hydroxylation is 1. The van der Waals surface area contributed by atoms with Gasteiger partial charge in [0.2, 0.25) is 0 Å². The minimum Gasteiger partial charge on any atom is -0.310 e. The number of fused-ring (bicyclic) bond motifs is 14. The highest BCUT2D eigenvalue weighted by molar-refractivity contribution is 6.23. The molecule has 1 heterocycles. The van der Waals surface area contributed by atoms with Gasteiger partial charge in [-0.05, 0) is 164 Å². The zero-order chi connectivity index (χ0) is 52.1. The number of nitrogens with zero attached hydrogens (tertiary/aromatic N) is 3. The Labute approximate surface area is 456 Å². The molecule has 3 nitrogen and oxygen atoms in total. The SMILES string of the molecule is Cc1cc(-c2ccccc2)ccc1-n1c2cc(N(c3ccccc3)c3ccccc3)ccc2c2c(N(c3ccccc3)c3ccccc3)cc3c(c21)-c1cc2ccccc2cc1C31c2ccccc2C(C)(C)c2ccccc21. The van der Waals surface area contributed by atoms with Gasteiger partial charge in [-0.15, -0.1) is 0 Å².